The zero-order valence-corrected chi connectivity index (χ0v) is 13.6. The number of alkyl halides is 3. The van der Waals surface area contributed by atoms with Crippen molar-refractivity contribution in [1.29, 1.82) is 0 Å². The van der Waals surface area contributed by atoms with Gasteiger partial charge in [0.15, 0.2) is 0 Å². The molecular formula is C18H13ClF3N3. The van der Waals surface area contributed by atoms with E-state index in [0.29, 0.717) is 12.4 Å². The van der Waals surface area contributed by atoms with Crippen LogP contribution in [0.1, 0.15) is 5.56 Å². The van der Waals surface area contributed by atoms with E-state index >= 15 is 0 Å². The highest BCUT2D eigenvalue weighted by atomic mass is 35.5. The Bertz CT molecular complexity index is 962. The monoisotopic (exact) mass is 363 g/mol. The Morgan fingerprint density at radius 1 is 1.00 bits per heavy atom. The average Bonchev–Trinajstić information content (AvgIpc) is 3.20. The molecular weight excluding hydrogens is 351 g/mol. The van der Waals surface area contributed by atoms with Crippen molar-refractivity contribution >= 4 is 33.9 Å². The van der Waals surface area contributed by atoms with Crippen LogP contribution in [-0.4, -0.2) is 11.7 Å². The van der Waals surface area contributed by atoms with Crippen molar-refractivity contribution in [3.05, 3.63) is 71.6 Å². The topological polar surface area (TPSA) is 22.3 Å². The van der Waals surface area contributed by atoms with E-state index in [9.17, 15) is 13.2 Å². The summed E-state index contributed by atoms with van der Waals surface area (Å²) in [5.74, 6) is 0. The van der Waals surface area contributed by atoms with Crippen molar-refractivity contribution in [3.63, 3.8) is 0 Å². The number of nitrogens with one attached hydrogen (secondary N) is 1. The van der Waals surface area contributed by atoms with E-state index in [0.717, 1.165) is 22.7 Å². The van der Waals surface area contributed by atoms with Crippen LogP contribution in [0.5, 0.6) is 0 Å². The molecule has 1 aliphatic heterocycles. The standard InChI is InChI=1S/C18H13ClF3N3/c19-15-9-12(5-6-14(15)18(20,21)22)24-7-8-25(11-24)17-10-23-16-4-2-1-3-13(16)17/h1-10,23H,11H2. The molecule has 25 heavy (non-hydrogen) atoms. The number of para-hydroxylation sites is 1. The third-order valence-corrected chi connectivity index (χ3v) is 4.51. The van der Waals surface area contributed by atoms with Gasteiger partial charge in [-0.25, -0.2) is 0 Å². The van der Waals surface area contributed by atoms with E-state index in [1.54, 1.807) is 0 Å². The van der Waals surface area contributed by atoms with Crippen LogP contribution in [0, 0.1) is 0 Å². The molecule has 2 heterocycles. The highest BCUT2D eigenvalue weighted by molar-refractivity contribution is 6.31. The van der Waals surface area contributed by atoms with E-state index in [1.165, 1.54) is 12.1 Å². The van der Waals surface area contributed by atoms with E-state index in [2.05, 4.69) is 4.98 Å². The second-order valence-electron chi connectivity index (χ2n) is 5.76. The smallest absolute Gasteiger partial charge is 0.359 e. The third-order valence-electron chi connectivity index (χ3n) is 4.20. The van der Waals surface area contributed by atoms with Crippen LogP contribution in [0.25, 0.3) is 10.9 Å². The third kappa shape index (κ3) is 2.82. The van der Waals surface area contributed by atoms with Gasteiger partial charge < -0.3 is 14.8 Å². The Kier molecular flexibility index (Phi) is 3.65. The minimum atomic E-state index is -4.45. The molecule has 0 fully saturated rings. The molecule has 3 aromatic rings. The number of aromatic nitrogens is 1. The fourth-order valence-corrected chi connectivity index (χ4v) is 3.23. The first-order valence-corrected chi connectivity index (χ1v) is 7.96. The maximum atomic E-state index is 12.8. The van der Waals surface area contributed by atoms with Gasteiger partial charge in [-0.1, -0.05) is 29.8 Å². The van der Waals surface area contributed by atoms with Crippen molar-refractivity contribution in [3.8, 4) is 0 Å². The summed E-state index contributed by atoms with van der Waals surface area (Å²) in [6, 6.07) is 11.7. The van der Waals surface area contributed by atoms with Gasteiger partial charge in [-0.2, -0.15) is 13.2 Å². The zero-order chi connectivity index (χ0) is 17.6. The summed E-state index contributed by atoms with van der Waals surface area (Å²) in [4.78, 5) is 7.07. The second kappa shape index (κ2) is 5.74. The van der Waals surface area contributed by atoms with Crippen molar-refractivity contribution in [2.75, 3.05) is 16.5 Å². The van der Waals surface area contributed by atoms with E-state index in [4.69, 9.17) is 11.6 Å². The molecule has 0 saturated heterocycles. The van der Waals surface area contributed by atoms with Crippen LogP contribution in [-0.2, 0) is 6.18 Å². The highest BCUT2D eigenvalue weighted by Gasteiger charge is 2.33. The largest absolute Gasteiger partial charge is 0.417 e. The maximum absolute atomic E-state index is 12.8. The number of fused-ring (bicyclic) bond motifs is 1. The molecule has 128 valence electrons. The molecule has 7 heteroatoms. The summed E-state index contributed by atoms with van der Waals surface area (Å²) in [5.41, 5.74) is 1.82. The quantitative estimate of drug-likeness (QED) is 0.640. The van der Waals surface area contributed by atoms with Gasteiger partial charge in [0, 0.05) is 35.2 Å². The van der Waals surface area contributed by atoms with Crippen LogP contribution in [0.15, 0.2) is 61.1 Å². The van der Waals surface area contributed by atoms with Crippen LogP contribution in [0.2, 0.25) is 5.02 Å². The van der Waals surface area contributed by atoms with Crippen LogP contribution in [0.3, 0.4) is 0 Å². The Hall–Kier alpha value is -2.60. The first-order chi connectivity index (χ1) is 11.9. The molecule has 4 rings (SSSR count). The number of halogens is 4. The zero-order valence-electron chi connectivity index (χ0n) is 12.9. The SMILES string of the molecule is FC(F)(F)c1ccc(N2C=CN(c3c[nH]c4ccccc34)C2)cc1Cl. The lowest BCUT2D eigenvalue weighted by molar-refractivity contribution is -0.137. The van der Waals surface area contributed by atoms with Crippen LogP contribution in [0.4, 0.5) is 24.5 Å². The predicted octanol–water partition coefficient (Wildman–Crippen LogP) is 5.60. The molecule has 0 bridgehead atoms. The van der Waals surface area contributed by atoms with Crippen LogP contribution < -0.4 is 9.80 Å². The van der Waals surface area contributed by atoms with Gasteiger partial charge in [0.05, 0.1) is 22.9 Å². The van der Waals surface area contributed by atoms with E-state index in [-0.39, 0.29) is 5.02 Å². The summed E-state index contributed by atoms with van der Waals surface area (Å²) in [6.07, 6.45) is 1.17. The van der Waals surface area contributed by atoms with Crippen molar-refractivity contribution in [2.45, 2.75) is 6.18 Å². The molecule has 2 aromatic carbocycles. The number of rotatable bonds is 2. The molecule has 1 aromatic heterocycles. The molecule has 1 N–H and O–H groups in total. The number of nitrogens with zero attached hydrogens (tertiary/aromatic N) is 2. The molecule has 0 atom stereocenters. The van der Waals surface area contributed by atoms with Crippen LogP contribution >= 0.6 is 11.6 Å². The lowest BCUT2D eigenvalue weighted by Gasteiger charge is -2.22. The molecule has 0 unspecified atom stereocenters. The number of aromatic amines is 1. The van der Waals surface area contributed by atoms with Crippen molar-refractivity contribution in [1.82, 2.24) is 4.98 Å². The number of H-pyrrole nitrogens is 1. The van der Waals surface area contributed by atoms with Gasteiger partial charge in [-0.05, 0) is 24.3 Å². The van der Waals surface area contributed by atoms with Gasteiger partial charge in [0.2, 0.25) is 0 Å². The lowest BCUT2D eigenvalue weighted by atomic mass is 10.2. The Labute approximate surface area is 146 Å². The van der Waals surface area contributed by atoms with E-state index < -0.39 is 11.7 Å². The van der Waals surface area contributed by atoms with Gasteiger partial charge in [-0.15, -0.1) is 0 Å². The molecule has 3 nitrogen and oxygen atoms in total. The lowest BCUT2D eigenvalue weighted by Crippen LogP contribution is -2.24. The predicted molar refractivity (Wildman–Crippen MR) is 93.7 cm³/mol. The number of anilines is 2. The fourth-order valence-electron chi connectivity index (χ4n) is 2.95. The van der Waals surface area contributed by atoms with Crippen molar-refractivity contribution in [2.24, 2.45) is 0 Å². The summed E-state index contributed by atoms with van der Waals surface area (Å²) in [7, 11) is 0. The van der Waals surface area contributed by atoms with Gasteiger partial charge in [0.25, 0.3) is 0 Å². The summed E-state index contributed by atoms with van der Waals surface area (Å²) < 4.78 is 38.5. The normalized spacial score (nSPS) is 14.7. The molecule has 0 spiro atoms. The molecule has 1 aliphatic rings. The summed E-state index contributed by atoms with van der Waals surface area (Å²) in [6.45, 7) is 0.490. The summed E-state index contributed by atoms with van der Waals surface area (Å²) >= 11 is 5.82. The Morgan fingerprint density at radius 2 is 1.76 bits per heavy atom. The Balaban J connectivity index is 1.59. The molecule has 0 saturated carbocycles. The first kappa shape index (κ1) is 15.9. The Morgan fingerprint density at radius 3 is 2.52 bits per heavy atom. The average molecular weight is 364 g/mol. The number of hydrogen-bond donors (Lipinski definition) is 1. The van der Waals surface area contributed by atoms with Gasteiger partial charge in [-0.3, -0.25) is 0 Å². The second-order valence-corrected chi connectivity index (χ2v) is 6.17. The van der Waals surface area contributed by atoms with Gasteiger partial charge >= 0.3 is 6.18 Å². The number of hydrogen-bond acceptors (Lipinski definition) is 2. The minimum absolute atomic E-state index is 0.302. The van der Waals surface area contributed by atoms with Gasteiger partial charge in [0.1, 0.15) is 0 Å². The fraction of sp³-hybridized carbons (Fsp3) is 0.111. The molecule has 0 radical (unpaired) electrons. The maximum Gasteiger partial charge on any atom is 0.417 e. The molecule has 0 aliphatic carbocycles. The summed E-state index contributed by atoms with van der Waals surface area (Å²) in [5, 5.41) is 0.781. The molecule has 0 amide bonds. The number of benzene rings is 2. The van der Waals surface area contributed by atoms with Crippen molar-refractivity contribution < 1.29 is 13.2 Å². The minimum Gasteiger partial charge on any atom is -0.359 e. The van der Waals surface area contributed by atoms with E-state index in [1.807, 2.05) is 52.7 Å². The highest BCUT2D eigenvalue weighted by Crippen LogP contribution is 2.37. The first-order valence-electron chi connectivity index (χ1n) is 7.58.